The summed E-state index contributed by atoms with van der Waals surface area (Å²) in [5.74, 6) is -0.622. The summed E-state index contributed by atoms with van der Waals surface area (Å²) >= 11 is 0. The van der Waals surface area contributed by atoms with E-state index in [2.05, 4.69) is 96.6 Å². The number of ether oxygens (including phenoxy) is 4. The van der Waals surface area contributed by atoms with E-state index in [0.29, 0.717) is 52.4 Å². The molecule has 0 aliphatic carbocycles. The van der Waals surface area contributed by atoms with Crippen LogP contribution in [-0.4, -0.2) is 100 Å². The fourth-order valence-electron chi connectivity index (χ4n) is 7.81. The van der Waals surface area contributed by atoms with Crippen LogP contribution >= 0.6 is 0 Å². The van der Waals surface area contributed by atoms with Crippen LogP contribution in [0.15, 0.2) is 72.9 Å². The molecule has 0 fully saturated rings. The van der Waals surface area contributed by atoms with E-state index in [4.69, 9.17) is 18.9 Å². The number of hydrogen-bond acceptors (Lipinski definition) is 10. The van der Waals surface area contributed by atoms with Crippen LogP contribution in [0.4, 0.5) is 0 Å². The number of esters is 4. The molecule has 10 nitrogen and oxygen atoms in total. The summed E-state index contributed by atoms with van der Waals surface area (Å²) in [5.41, 5.74) is 0. The Bertz CT molecular complexity index is 1330. The molecule has 10 heteroatoms. The summed E-state index contributed by atoms with van der Waals surface area (Å²) in [6.07, 6.45) is 60.1. The van der Waals surface area contributed by atoms with Gasteiger partial charge in [-0.05, 0) is 117 Å². The number of hydrogen-bond donors (Lipinski definition) is 0. The predicted octanol–water partition coefficient (Wildman–Crippen LogP) is 15.7. The predicted molar refractivity (Wildman–Crippen MR) is 302 cm³/mol. The second-order valence-electron chi connectivity index (χ2n) is 19.5. The van der Waals surface area contributed by atoms with E-state index < -0.39 is 0 Å². The number of carbonyl (C=O) groups is 4. The third-order valence-corrected chi connectivity index (χ3v) is 12.3. The van der Waals surface area contributed by atoms with Gasteiger partial charge in [0.25, 0.3) is 0 Å². The third-order valence-electron chi connectivity index (χ3n) is 12.3. The van der Waals surface area contributed by atoms with E-state index in [0.717, 1.165) is 154 Å². The van der Waals surface area contributed by atoms with E-state index in [9.17, 15) is 19.2 Å². The quantitative estimate of drug-likeness (QED) is 0.0253. The molecule has 0 saturated carbocycles. The topological polar surface area (TPSA) is 112 Å². The summed E-state index contributed by atoms with van der Waals surface area (Å²) in [6.45, 7) is 8.81. The first-order valence-electron chi connectivity index (χ1n) is 29.2. The van der Waals surface area contributed by atoms with E-state index in [-0.39, 0.29) is 36.7 Å². The Morgan fingerprint density at radius 1 is 0.306 bits per heavy atom. The van der Waals surface area contributed by atoms with Crippen molar-refractivity contribution < 1.29 is 38.1 Å². The molecular formula is C62H108N2O8. The average molecular weight is 1010 g/mol. The first-order chi connectivity index (χ1) is 35.3. The second kappa shape index (κ2) is 56.5. The van der Waals surface area contributed by atoms with Gasteiger partial charge in [-0.3, -0.25) is 19.2 Å². The summed E-state index contributed by atoms with van der Waals surface area (Å²) < 4.78 is 21.9. The number of carbonyl (C=O) groups excluding carboxylic acids is 4. The Hall–Kier alpha value is -3.76. The van der Waals surface area contributed by atoms with Crippen LogP contribution in [-0.2, 0) is 38.1 Å². The molecule has 0 rings (SSSR count). The lowest BCUT2D eigenvalue weighted by Crippen LogP contribution is -2.35. The Kier molecular flexibility index (Phi) is 53.6. The van der Waals surface area contributed by atoms with Crippen molar-refractivity contribution in [3.05, 3.63) is 72.9 Å². The van der Waals surface area contributed by atoms with Crippen molar-refractivity contribution in [2.45, 2.75) is 232 Å². The van der Waals surface area contributed by atoms with Gasteiger partial charge in [0.05, 0.1) is 39.3 Å². The first-order valence-corrected chi connectivity index (χ1v) is 29.2. The lowest BCUT2D eigenvalue weighted by Gasteiger charge is -2.23. The van der Waals surface area contributed by atoms with E-state index >= 15 is 0 Å². The van der Waals surface area contributed by atoms with Crippen LogP contribution in [0.25, 0.3) is 0 Å². The highest BCUT2D eigenvalue weighted by Gasteiger charge is 2.13. The lowest BCUT2D eigenvalue weighted by atomic mass is 10.1. The van der Waals surface area contributed by atoms with Crippen molar-refractivity contribution in [1.82, 2.24) is 9.80 Å². The molecule has 0 unspecified atom stereocenters. The Morgan fingerprint density at radius 2 is 0.583 bits per heavy atom. The monoisotopic (exact) mass is 1010 g/mol. The third kappa shape index (κ3) is 55.6. The van der Waals surface area contributed by atoms with Crippen LogP contribution in [0.2, 0.25) is 0 Å². The zero-order chi connectivity index (χ0) is 52.5. The fourth-order valence-corrected chi connectivity index (χ4v) is 7.81. The SMILES string of the molecule is CC/C=C\C/C=C\C/C=C\CCCCCCCCOC(=O)CCCCCCCOC(=O)CCN(CCC(=O)OCCCCCCCC(=O)OCCCCCCCC/C=C\C/C=C\C/C=C\CC)CCN(C)C. The summed E-state index contributed by atoms with van der Waals surface area (Å²) in [4.78, 5) is 53.5. The molecule has 0 aliphatic rings. The summed E-state index contributed by atoms with van der Waals surface area (Å²) in [5, 5.41) is 0. The molecule has 0 spiro atoms. The minimum Gasteiger partial charge on any atom is -0.466 e. The number of rotatable bonds is 53. The maximum absolute atomic E-state index is 12.5. The highest BCUT2D eigenvalue weighted by molar-refractivity contribution is 5.70. The van der Waals surface area contributed by atoms with Crippen molar-refractivity contribution in [1.29, 1.82) is 0 Å². The average Bonchev–Trinajstić information content (AvgIpc) is 3.37. The lowest BCUT2D eigenvalue weighted by molar-refractivity contribution is -0.145. The van der Waals surface area contributed by atoms with Gasteiger partial charge in [0, 0.05) is 39.0 Å². The minimum absolute atomic E-state index is 0.0953. The van der Waals surface area contributed by atoms with Crippen LogP contribution < -0.4 is 0 Å². The number of unbranched alkanes of at least 4 members (excludes halogenated alkanes) is 20. The number of nitrogens with zero attached hydrogens (tertiary/aromatic N) is 2. The summed E-state index contributed by atoms with van der Waals surface area (Å²) in [6, 6.07) is 0. The molecule has 0 atom stereocenters. The van der Waals surface area contributed by atoms with Crippen LogP contribution in [0, 0.1) is 0 Å². The maximum atomic E-state index is 12.5. The molecule has 0 bridgehead atoms. The second-order valence-corrected chi connectivity index (χ2v) is 19.5. The standard InChI is InChI=1S/C62H108N2O8/c1-5-7-9-11-13-15-17-19-21-23-25-27-29-31-37-43-55-69-59(65)47-41-35-33-39-45-57-71-61(67)49-51-64(54-53-63(3)4)52-50-62(68)72-58-46-40-34-36-42-48-60(66)70-56-44-38-32-30-28-26-24-22-20-18-16-14-12-10-8-6-2/h7-10,13-16,19-22H,5-6,11-12,17-18,23-58H2,1-4H3/b9-7-,10-8-,15-13-,16-14-,21-19-,22-20-. The molecular weight excluding hydrogens is 901 g/mol. The maximum Gasteiger partial charge on any atom is 0.307 e. The Balaban J connectivity index is 3.77. The molecule has 0 saturated heterocycles. The zero-order valence-corrected chi connectivity index (χ0v) is 46.8. The van der Waals surface area contributed by atoms with Crippen molar-refractivity contribution in [2.24, 2.45) is 0 Å². The fraction of sp³-hybridized carbons (Fsp3) is 0.742. The van der Waals surface area contributed by atoms with E-state index in [1.54, 1.807) is 0 Å². The largest absolute Gasteiger partial charge is 0.466 e. The Labute approximate surface area is 441 Å². The van der Waals surface area contributed by atoms with Crippen molar-refractivity contribution in [3.63, 3.8) is 0 Å². The number of likely N-dealkylation sites (N-methyl/N-ethyl adjacent to an activating group) is 1. The molecule has 0 amide bonds. The van der Waals surface area contributed by atoms with Crippen LogP contribution in [0.3, 0.4) is 0 Å². The highest BCUT2D eigenvalue weighted by atomic mass is 16.5. The van der Waals surface area contributed by atoms with Gasteiger partial charge in [-0.2, -0.15) is 0 Å². The summed E-state index contributed by atoms with van der Waals surface area (Å²) in [7, 11) is 4.02. The molecule has 72 heavy (non-hydrogen) atoms. The van der Waals surface area contributed by atoms with Crippen molar-refractivity contribution in [3.8, 4) is 0 Å². The Morgan fingerprint density at radius 3 is 0.917 bits per heavy atom. The molecule has 0 N–H and O–H groups in total. The van der Waals surface area contributed by atoms with Gasteiger partial charge in [0.15, 0.2) is 0 Å². The van der Waals surface area contributed by atoms with Gasteiger partial charge in [-0.15, -0.1) is 0 Å². The minimum atomic E-state index is -0.216. The van der Waals surface area contributed by atoms with Gasteiger partial charge in [-0.1, -0.05) is 177 Å². The van der Waals surface area contributed by atoms with Crippen LogP contribution in [0.5, 0.6) is 0 Å². The smallest absolute Gasteiger partial charge is 0.307 e. The molecule has 0 radical (unpaired) electrons. The van der Waals surface area contributed by atoms with Crippen molar-refractivity contribution in [2.75, 3.05) is 66.7 Å². The number of allylic oxidation sites excluding steroid dienone is 12. The van der Waals surface area contributed by atoms with Crippen LogP contribution in [0.1, 0.15) is 232 Å². The molecule has 0 aromatic rings. The van der Waals surface area contributed by atoms with Gasteiger partial charge in [0.1, 0.15) is 0 Å². The van der Waals surface area contributed by atoms with Gasteiger partial charge in [0.2, 0.25) is 0 Å². The molecule has 414 valence electrons. The van der Waals surface area contributed by atoms with E-state index in [1.165, 1.54) is 51.4 Å². The van der Waals surface area contributed by atoms with Gasteiger partial charge < -0.3 is 28.7 Å². The first kappa shape index (κ1) is 68.2. The highest BCUT2D eigenvalue weighted by Crippen LogP contribution is 2.12. The van der Waals surface area contributed by atoms with E-state index in [1.807, 2.05) is 14.1 Å². The molecule has 0 aromatic carbocycles. The van der Waals surface area contributed by atoms with Gasteiger partial charge in [-0.25, -0.2) is 0 Å². The molecule has 0 aromatic heterocycles. The van der Waals surface area contributed by atoms with Crippen molar-refractivity contribution >= 4 is 23.9 Å². The molecule has 0 heterocycles. The normalized spacial score (nSPS) is 12.1. The molecule has 0 aliphatic heterocycles. The van der Waals surface area contributed by atoms with Gasteiger partial charge >= 0.3 is 23.9 Å². The zero-order valence-electron chi connectivity index (χ0n) is 46.8.